The number of anilines is 1. The van der Waals surface area contributed by atoms with Gasteiger partial charge in [0.25, 0.3) is 5.91 Å². The predicted molar refractivity (Wildman–Crippen MR) is 105 cm³/mol. The smallest absolute Gasteiger partial charge is 0.253 e. The van der Waals surface area contributed by atoms with Crippen molar-refractivity contribution in [3.05, 3.63) is 59.4 Å². The van der Waals surface area contributed by atoms with E-state index >= 15 is 0 Å². The molecule has 148 valence electrons. The molecule has 0 aromatic heterocycles. The summed E-state index contributed by atoms with van der Waals surface area (Å²) in [5.74, 6) is -0.295. The molecule has 0 saturated carbocycles. The second-order valence-electron chi connectivity index (χ2n) is 6.80. The molecule has 1 N–H and O–H groups in total. The molecule has 6 nitrogen and oxygen atoms in total. The molecule has 1 aliphatic rings. The summed E-state index contributed by atoms with van der Waals surface area (Å²) in [6, 6.07) is 11.9. The number of ether oxygens (including phenoxy) is 1. The number of nitrogens with one attached hydrogen (secondary N) is 1. The normalized spacial score (nSPS) is 14.6. The molecule has 2 aromatic rings. The van der Waals surface area contributed by atoms with E-state index in [4.69, 9.17) is 4.74 Å². The van der Waals surface area contributed by atoms with Crippen molar-refractivity contribution in [2.24, 2.45) is 0 Å². The van der Waals surface area contributed by atoms with Gasteiger partial charge >= 0.3 is 0 Å². The van der Waals surface area contributed by atoms with Gasteiger partial charge in [-0.2, -0.15) is 0 Å². The Balaban J connectivity index is 1.53. The molecule has 0 atom stereocenters. The summed E-state index contributed by atoms with van der Waals surface area (Å²) in [5, 5.41) is 2.69. The van der Waals surface area contributed by atoms with Crippen molar-refractivity contribution in [2.45, 2.75) is 13.5 Å². The van der Waals surface area contributed by atoms with Gasteiger partial charge in [-0.05, 0) is 42.0 Å². The van der Waals surface area contributed by atoms with E-state index in [0.717, 1.165) is 18.7 Å². The van der Waals surface area contributed by atoms with Crippen molar-refractivity contribution < 1.29 is 18.7 Å². The van der Waals surface area contributed by atoms with E-state index in [0.29, 0.717) is 30.9 Å². The Morgan fingerprint density at radius 2 is 1.75 bits per heavy atom. The van der Waals surface area contributed by atoms with Crippen molar-refractivity contribution in [1.29, 1.82) is 0 Å². The summed E-state index contributed by atoms with van der Waals surface area (Å²) in [6.07, 6.45) is 0. The van der Waals surface area contributed by atoms with Crippen LogP contribution in [0.5, 0.6) is 5.75 Å². The standard InChI is InChI=1S/C21H24FN3O3/c1-15(26)23-18-6-4-17(5-7-18)21(27)25-11-9-24(10-12-25)14-16-3-8-20(28-2)19(22)13-16/h3-8,13H,9-12,14H2,1-2H3,(H,23,26). The van der Waals surface area contributed by atoms with Crippen LogP contribution in [-0.4, -0.2) is 54.9 Å². The molecule has 0 aliphatic carbocycles. The third-order valence-electron chi connectivity index (χ3n) is 4.73. The minimum Gasteiger partial charge on any atom is -0.494 e. The zero-order valence-corrected chi connectivity index (χ0v) is 16.1. The maximum absolute atomic E-state index is 13.8. The lowest BCUT2D eigenvalue weighted by molar-refractivity contribution is -0.114. The molecule has 0 radical (unpaired) electrons. The van der Waals surface area contributed by atoms with Crippen molar-refractivity contribution in [3.63, 3.8) is 0 Å². The second-order valence-corrected chi connectivity index (χ2v) is 6.80. The molecule has 1 saturated heterocycles. The van der Waals surface area contributed by atoms with Crippen LogP contribution in [0.3, 0.4) is 0 Å². The summed E-state index contributed by atoms with van der Waals surface area (Å²) in [5.41, 5.74) is 2.15. The van der Waals surface area contributed by atoms with Crippen LogP contribution in [0.2, 0.25) is 0 Å². The van der Waals surface area contributed by atoms with Gasteiger partial charge < -0.3 is 15.0 Å². The molecular weight excluding hydrogens is 361 g/mol. The molecule has 0 bridgehead atoms. The first kappa shape index (κ1) is 19.8. The Kier molecular flexibility index (Phi) is 6.26. The molecule has 0 spiro atoms. The zero-order chi connectivity index (χ0) is 20.1. The quantitative estimate of drug-likeness (QED) is 0.860. The minimum atomic E-state index is -0.364. The van der Waals surface area contributed by atoms with Gasteiger partial charge in [0.1, 0.15) is 0 Å². The molecule has 2 aromatic carbocycles. The van der Waals surface area contributed by atoms with E-state index in [-0.39, 0.29) is 23.4 Å². The zero-order valence-electron chi connectivity index (χ0n) is 16.1. The Hall–Kier alpha value is -2.93. The molecular formula is C21H24FN3O3. The SMILES string of the molecule is COc1ccc(CN2CCN(C(=O)c3ccc(NC(C)=O)cc3)CC2)cc1F. The number of amides is 2. The number of carbonyl (C=O) groups is 2. The molecule has 1 aliphatic heterocycles. The number of rotatable bonds is 5. The van der Waals surface area contributed by atoms with Crippen molar-refractivity contribution in [2.75, 3.05) is 38.6 Å². The fraction of sp³-hybridized carbons (Fsp3) is 0.333. The first-order valence-corrected chi connectivity index (χ1v) is 9.18. The van der Waals surface area contributed by atoms with E-state index in [1.165, 1.54) is 20.1 Å². The van der Waals surface area contributed by atoms with Crippen LogP contribution in [0.25, 0.3) is 0 Å². The highest BCUT2D eigenvalue weighted by atomic mass is 19.1. The van der Waals surface area contributed by atoms with Crippen LogP contribution >= 0.6 is 0 Å². The molecule has 3 rings (SSSR count). The topological polar surface area (TPSA) is 61.9 Å². The average Bonchev–Trinajstić information content (AvgIpc) is 2.68. The maximum Gasteiger partial charge on any atom is 0.253 e. The third-order valence-corrected chi connectivity index (χ3v) is 4.73. The molecule has 1 heterocycles. The van der Waals surface area contributed by atoms with E-state index < -0.39 is 0 Å². The number of carbonyl (C=O) groups excluding carboxylic acids is 2. The number of nitrogens with zero attached hydrogens (tertiary/aromatic N) is 2. The van der Waals surface area contributed by atoms with Gasteiger partial charge in [-0.25, -0.2) is 4.39 Å². The lowest BCUT2D eigenvalue weighted by Crippen LogP contribution is -2.48. The number of hydrogen-bond acceptors (Lipinski definition) is 4. The van der Waals surface area contributed by atoms with E-state index in [1.807, 2.05) is 11.0 Å². The van der Waals surface area contributed by atoms with Gasteiger partial charge in [0.05, 0.1) is 7.11 Å². The van der Waals surface area contributed by atoms with E-state index in [2.05, 4.69) is 10.2 Å². The highest BCUT2D eigenvalue weighted by molar-refractivity contribution is 5.95. The van der Waals surface area contributed by atoms with Crippen molar-refractivity contribution in [3.8, 4) is 5.75 Å². The van der Waals surface area contributed by atoms with Gasteiger partial charge in [0.2, 0.25) is 5.91 Å². The number of methoxy groups -OCH3 is 1. The van der Waals surface area contributed by atoms with Crippen LogP contribution in [-0.2, 0) is 11.3 Å². The summed E-state index contributed by atoms with van der Waals surface area (Å²) < 4.78 is 18.8. The largest absolute Gasteiger partial charge is 0.494 e. The third kappa shape index (κ3) is 4.86. The maximum atomic E-state index is 13.8. The fourth-order valence-electron chi connectivity index (χ4n) is 3.26. The molecule has 0 unspecified atom stereocenters. The Morgan fingerprint density at radius 1 is 1.07 bits per heavy atom. The summed E-state index contributed by atoms with van der Waals surface area (Å²) >= 11 is 0. The number of benzene rings is 2. The van der Waals surface area contributed by atoms with Crippen LogP contribution in [0, 0.1) is 5.82 Å². The van der Waals surface area contributed by atoms with Gasteiger partial charge in [0.15, 0.2) is 11.6 Å². The lowest BCUT2D eigenvalue weighted by Gasteiger charge is -2.34. The van der Waals surface area contributed by atoms with Crippen molar-refractivity contribution >= 4 is 17.5 Å². The van der Waals surface area contributed by atoms with Gasteiger partial charge in [0, 0.05) is 50.9 Å². The molecule has 7 heteroatoms. The Bertz CT molecular complexity index is 846. The molecule has 1 fully saturated rings. The number of halogens is 1. The average molecular weight is 385 g/mol. The summed E-state index contributed by atoms with van der Waals surface area (Å²) in [7, 11) is 1.45. The lowest BCUT2D eigenvalue weighted by atomic mass is 10.1. The Labute approximate surface area is 163 Å². The monoisotopic (exact) mass is 385 g/mol. The Morgan fingerprint density at radius 3 is 2.32 bits per heavy atom. The van der Waals surface area contributed by atoms with Crippen LogP contribution < -0.4 is 10.1 Å². The molecule has 2 amide bonds. The van der Waals surface area contributed by atoms with Crippen molar-refractivity contribution in [1.82, 2.24) is 9.80 Å². The van der Waals surface area contributed by atoms with Crippen LogP contribution in [0.4, 0.5) is 10.1 Å². The first-order valence-electron chi connectivity index (χ1n) is 9.18. The second kappa shape index (κ2) is 8.84. The van der Waals surface area contributed by atoms with E-state index in [9.17, 15) is 14.0 Å². The molecule has 28 heavy (non-hydrogen) atoms. The first-order chi connectivity index (χ1) is 13.5. The van der Waals surface area contributed by atoms with Crippen LogP contribution in [0.1, 0.15) is 22.8 Å². The summed E-state index contributed by atoms with van der Waals surface area (Å²) in [6.45, 7) is 4.76. The predicted octanol–water partition coefficient (Wildman–Crippen LogP) is 2.75. The fourth-order valence-corrected chi connectivity index (χ4v) is 3.26. The highest BCUT2D eigenvalue weighted by Crippen LogP contribution is 2.19. The number of hydrogen-bond donors (Lipinski definition) is 1. The highest BCUT2D eigenvalue weighted by Gasteiger charge is 2.22. The van der Waals surface area contributed by atoms with Gasteiger partial charge in [-0.1, -0.05) is 6.07 Å². The van der Waals surface area contributed by atoms with E-state index in [1.54, 1.807) is 30.3 Å². The van der Waals surface area contributed by atoms with Crippen LogP contribution in [0.15, 0.2) is 42.5 Å². The van der Waals surface area contributed by atoms with Gasteiger partial charge in [-0.15, -0.1) is 0 Å². The summed E-state index contributed by atoms with van der Waals surface area (Å²) in [4.78, 5) is 27.8. The minimum absolute atomic E-state index is 0.0236. The number of piperazine rings is 1. The van der Waals surface area contributed by atoms with Gasteiger partial charge in [-0.3, -0.25) is 14.5 Å².